The molecule has 4 rings (SSSR count). The molecule has 2 aliphatic heterocycles. The van der Waals surface area contributed by atoms with E-state index in [-0.39, 0.29) is 6.61 Å². The summed E-state index contributed by atoms with van der Waals surface area (Å²) in [5.41, 5.74) is 1.18. The summed E-state index contributed by atoms with van der Waals surface area (Å²) >= 11 is 0. The Balaban J connectivity index is 1.63. The van der Waals surface area contributed by atoms with E-state index < -0.39 is 48.9 Å². The Hall–Kier alpha value is -2.78. The van der Waals surface area contributed by atoms with E-state index in [1.54, 1.807) is 30.3 Å². The van der Waals surface area contributed by atoms with Crippen molar-refractivity contribution in [2.75, 3.05) is 13.7 Å². The van der Waals surface area contributed by atoms with Crippen LogP contribution in [0.4, 0.5) is 0 Å². The maximum atomic E-state index is 12.8. The Morgan fingerprint density at radius 2 is 1.58 bits per heavy atom. The summed E-state index contributed by atoms with van der Waals surface area (Å²) in [7, 11) is 1.43. The maximum Gasteiger partial charge on any atom is 0.338 e. The molecule has 2 fully saturated rings. The van der Waals surface area contributed by atoms with Gasteiger partial charge in [-0.3, -0.25) is 4.79 Å². The monoisotopic (exact) mass is 428 g/mol. The van der Waals surface area contributed by atoms with Crippen molar-refractivity contribution in [3.8, 4) is 0 Å². The third-order valence-electron chi connectivity index (χ3n) is 5.14. The highest BCUT2D eigenvalue weighted by molar-refractivity contribution is 5.89. The van der Waals surface area contributed by atoms with Gasteiger partial charge in [0.25, 0.3) is 0 Å². The summed E-state index contributed by atoms with van der Waals surface area (Å²) in [6.07, 6.45) is -4.91. The molecular weight excluding hydrogens is 404 g/mol. The average Bonchev–Trinajstić information content (AvgIpc) is 2.80. The molecule has 0 spiro atoms. The lowest BCUT2D eigenvalue weighted by molar-refractivity contribution is -0.357. The minimum Gasteiger partial charge on any atom is -0.453 e. The Morgan fingerprint density at radius 1 is 0.903 bits per heavy atom. The summed E-state index contributed by atoms with van der Waals surface area (Å²) < 4.78 is 34.6. The van der Waals surface area contributed by atoms with Crippen LogP contribution in [0.25, 0.3) is 0 Å². The zero-order valence-corrected chi connectivity index (χ0v) is 17.2. The topological polar surface area (TPSA) is 89.5 Å². The number of fused-ring (bicyclic) bond motifs is 1. The fourth-order valence-electron chi connectivity index (χ4n) is 3.73. The first-order valence-corrected chi connectivity index (χ1v) is 10.0. The number of esters is 2. The molecule has 2 heterocycles. The summed E-state index contributed by atoms with van der Waals surface area (Å²) in [6, 6.07) is 18.0. The maximum absolute atomic E-state index is 12.8. The van der Waals surface area contributed by atoms with Crippen molar-refractivity contribution in [2.24, 2.45) is 0 Å². The van der Waals surface area contributed by atoms with Gasteiger partial charge < -0.3 is 28.4 Å². The van der Waals surface area contributed by atoms with Crippen LogP contribution in [0, 0.1) is 0 Å². The van der Waals surface area contributed by atoms with Crippen LogP contribution in [0.5, 0.6) is 0 Å². The van der Waals surface area contributed by atoms with E-state index >= 15 is 0 Å². The van der Waals surface area contributed by atoms with Gasteiger partial charge in [0.1, 0.15) is 12.2 Å². The number of carbonyl (C=O) groups is 2. The molecule has 0 amide bonds. The molecule has 164 valence electrons. The number of rotatable bonds is 5. The third kappa shape index (κ3) is 4.77. The molecule has 2 aromatic carbocycles. The zero-order valence-electron chi connectivity index (χ0n) is 17.2. The Morgan fingerprint density at radius 3 is 2.23 bits per heavy atom. The van der Waals surface area contributed by atoms with E-state index in [0.717, 1.165) is 5.56 Å². The number of hydrogen-bond donors (Lipinski definition) is 0. The van der Waals surface area contributed by atoms with E-state index in [1.807, 2.05) is 30.3 Å². The number of methoxy groups -OCH3 is 1. The molecule has 31 heavy (non-hydrogen) atoms. The summed E-state index contributed by atoms with van der Waals surface area (Å²) in [5.74, 6) is -1.12. The fourth-order valence-corrected chi connectivity index (χ4v) is 3.73. The SMILES string of the molecule is CO[C@@H]1O[C@@H]2COC(c3ccccc3)O[C@H]2[C@H](OC(=O)c2ccccc2)[C@H]1OC(C)=O. The predicted molar refractivity (Wildman–Crippen MR) is 107 cm³/mol. The van der Waals surface area contributed by atoms with Crippen LogP contribution in [0.2, 0.25) is 0 Å². The lowest BCUT2D eigenvalue weighted by Crippen LogP contribution is -2.64. The van der Waals surface area contributed by atoms with Crippen LogP contribution >= 0.6 is 0 Å². The minimum atomic E-state index is -1.01. The van der Waals surface area contributed by atoms with E-state index in [1.165, 1.54) is 14.0 Å². The molecule has 6 atom stereocenters. The van der Waals surface area contributed by atoms with Crippen molar-refractivity contribution < 1.29 is 38.0 Å². The van der Waals surface area contributed by atoms with Gasteiger partial charge in [0, 0.05) is 19.6 Å². The van der Waals surface area contributed by atoms with Gasteiger partial charge in [-0.25, -0.2) is 4.79 Å². The highest BCUT2D eigenvalue weighted by Gasteiger charge is 2.53. The largest absolute Gasteiger partial charge is 0.453 e. The van der Waals surface area contributed by atoms with Crippen molar-refractivity contribution in [2.45, 2.75) is 43.9 Å². The molecule has 8 heteroatoms. The minimum absolute atomic E-state index is 0.191. The summed E-state index contributed by atoms with van der Waals surface area (Å²) in [5, 5.41) is 0. The number of ether oxygens (including phenoxy) is 6. The highest BCUT2D eigenvalue weighted by atomic mass is 16.8. The van der Waals surface area contributed by atoms with Crippen molar-refractivity contribution in [1.29, 1.82) is 0 Å². The Kier molecular flexibility index (Phi) is 6.62. The van der Waals surface area contributed by atoms with Crippen LogP contribution in [-0.4, -0.2) is 56.4 Å². The normalized spacial score (nSPS) is 30.1. The molecule has 1 unspecified atom stereocenters. The van der Waals surface area contributed by atoms with Gasteiger partial charge in [-0.15, -0.1) is 0 Å². The Labute approximate surface area is 179 Å². The van der Waals surface area contributed by atoms with Gasteiger partial charge >= 0.3 is 11.9 Å². The number of benzene rings is 2. The first-order valence-electron chi connectivity index (χ1n) is 10.0. The van der Waals surface area contributed by atoms with E-state index in [2.05, 4.69) is 0 Å². The van der Waals surface area contributed by atoms with Crippen molar-refractivity contribution in [3.63, 3.8) is 0 Å². The first kappa shape index (κ1) is 21.5. The molecule has 2 aliphatic rings. The van der Waals surface area contributed by atoms with Gasteiger partial charge in [0.2, 0.25) is 0 Å². The molecule has 0 aromatic heterocycles. The van der Waals surface area contributed by atoms with Gasteiger partial charge in [-0.2, -0.15) is 0 Å². The van der Waals surface area contributed by atoms with Gasteiger partial charge in [0.05, 0.1) is 12.2 Å². The fraction of sp³-hybridized carbons (Fsp3) is 0.391. The molecule has 0 aliphatic carbocycles. The summed E-state index contributed by atoms with van der Waals surface area (Å²) in [6.45, 7) is 1.46. The van der Waals surface area contributed by atoms with Gasteiger partial charge in [-0.1, -0.05) is 48.5 Å². The zero-order chi connectivity index (χ0) is 21.8. The lowest BCUT2D eigenvalue weighted by atomic mass is 9.97. The smallest absolute Gasteiger partial charge is 0.338 e. The number of carbonyl (C=O) groups excluding carboxylic acids is 2. The molecule has 2 aromatic rings. The molecule has 0 N–H and O–H groups in total. The van der Waals surface area contributed by atoms with Crippen molar-refractivity contribution in [3.05, 3.63) is 71.8 Å². The van der Waals surface area contributed by atoms with Crippen molar-refractivity contribution in [1.82, 2.24) is 0 Å². The number of hydrogen-bond acceptors (Lipinski definition) is 8. The van der Waals surface area contributed by atoms with Crippen LogP contribution in [0.1, 0.15) is 29.1 Å². The van der Waals surface area contributed by atoms with Crippen LogP contribution in [0.3, 0.4) is 0 Å². The quantitative estimate of drug-likeness (QED) is 0.672. The Bertz CT molecular complexity index is 887. The standard InChI is InChI=1S/C23H24O8/c1-14(24)28-20-19(30-21(25)15-9-5-3-6-10-15)18-17(29-23(20)26-2)13-27-22(31-18)16-11-7-4-8-12-16/h3-12,17-20,22-23H,13H2,1-2H3/t17-,18-,19+,20-,22?,23-/m1/s1. The first-order chi connectivity index (χ1) is 15.1. The molecule has 0 bridgehead atoms. The van der Waals surface area contributed by atoms with Gasteiger partial charge in [0.15, 0.2) is 24.8 Å². The molecule has 2 saturated heterocycles. The lowest BCUT2D eigenvalue weighted by Gasteiger charge is -2.47. The second-order valence-electron chi connectivity index (χ2n) is 7.27. The highest BCUT2D eigenvalue weighted by Crippen LogP contribution is 2.36. The van der Waals surface area contributed by atoms with Crippen LogP contribution < -0.4 is 0 Å². The molecule has 0 radical (unpaired) electrons. The third-order valence-corrected chi connectivity index (χ3v) is 5.14. The molecule has 0 saturated carbocycles. The summed E-state index contributed by atoms with van der Waals surface area (Å²) in [4.78, 5) is 24.6. The second-order valence-corrected chi connectivity index (χ2v) is 7.27. The van der Waals surface area contributed by atoms with Gasteiger partial charge in [-0.05, 0) is 12.1 Å². The molecular formula is C23H24O8. The van der Waals surface area contributed by atoms with Crippen LogP contribution in [-0.2, 0) is 33.2 Å². The van der Waals surface area contributed by atoms with E-state index in [4.69, 9.17) is 28.4 Å². The van der Waals surface area contributed by atoms with E-state index in [0.29, 0.717) is 5.56 Å². The average molecular weight is 428 g/mol. The van der Waals surface area contributed by atoms with Crippen LogP contribution in [0.15, 0.2) is 60.7 Å². The molecule has 8 nitrogen and oxygen atoms in total. The van der Waals surface area contributed by atoms with Crippen molar-refractivity contribution >= 4 is 11.9 Å². The van der Waals surface area contributed by atoms with E-state index in [9.17, 15) is 9.59 Å². The predicted octanol–water partition coefficient (Wildman–Crippen LogP) is 2.63. The second kappa shape index (κ2) is 9.57.